The smallest absolute Gasteiger partial charge is 0.352 e. The first-order valence-corrected chi connectivity index (χ1v) is 9.21. The molecule has 28 heavy (non-hydrogen) atoms. The Balaban J connectivity index is 1.80. The van der Waals surface area contributed by atoms with Gasteiger partial charge in [0, 0.05) is 29.4 Å². The van der Waals surface area contributed by atoms with Crippen LogP contribution in [0, 0.1) is 30.0 Å². The van der Waals surface area contributed by atoms with Gasteiger partial charge in [0.25, 0.3) is 11.3 Å². The number of amides is 1. The third-order valence-electron chi connectivity index (χ3n) is 5.36. The molecule has 144 valence electrons. The summed E-state index contributed by atoms with van der Waals surface area (Å²) in [5.74, 6) is -0.627. The molecule has 0 saturated carbocycles. The highest BCUT2D eigenvalue weighted by Crippen LogP contribution is 2.20. The van der Waals surface area contributed by atoms with E-state index in [-0.39, 0.29) is 29.8 Å². The highest BCUT2D eigenvalue weighted by Gasteiger charge is 2.33. The van der Waals surface area contributed by atoms with Crippen molar-refractivity contribution in [3.8, 4) is 6.07 Å². The van der Waals surface area contributed by atoms with Gasteiger partial charge in [0.2, 0.25) is 5.91 Å². The first-order chi connectivity index (χ1) is 13.3. The van der Waals surface area contributed by atoms with E-state index in [1.54, 1.807) is 6.92 Å². The summed E-state index contributed by atoms with van der Waals surface area (Å²) >= 11 is 0. The van der Waals surface area contributed by atoms with Crippen LogP contribution in [0.2, 0.25) is 0 Å². The molecular weight excluding hydrogens is 359 g/mol. The van der Waals surface area contributed by atoms with E-state index in [1.165, 1.54) is 18.2 Å². The van der Waals surface area contributed by atoms with Crippen LogP contribution < -0.4 is 15.5 Å². The number of aromatic nitrogens is 1. The van der Waals surface area contributed by atoms with Gasteiger partial charge in [-0.15, -0.1) is 0 Å². The fraction of sp³-hybridized carbons (Fsp3) is 0.381. The van der Waals surface area contributed by atoms with Crippen molar-refractivity contribution in [2.75, 3.05) is 0 Å². The van der Waals surface area contributed by atoms with Crippen LogP contribution in [0.4, 0.5) is 4.39 Å². The Labute approximate surface area is 161 Å². The number of pyridine rings is 1. The minimum Gasteiger partial charge on any atom is -0.352 e. The maximum atomic E-state index is 13.6. The van der Waals surface area contributed by atoms with Crippen LogP contribution in [0.1, 0.15) is 37.8 Å². The zero-order valence-corrected chi connectivity index (χ0v) is 16.1. The SMILES string of the molecule is CC1=[N+]=C(C#N)CCC1[C@H](C)NC(=O)Cc1c(C)c2cc(F)ccc2[nH]c1=O. The number of hydrogen-bond acceptors (Lipinski definition) is 3. The third-order valence-corrected chi connectivity index (χ3v) is 5.36. The summed E-state index contributed by atoms with van der Waals surface area (Å²) in [6, 6.07) is 6.06. The van der Waals surface area contributed by atoms with Gasteiger partial charge < -0.3 is 10.3 Å². The minimum absolute atomic E-state index is 0.0473. The number of halogens is 1. The number of aryl methyl sites for hydroxylation is 1. The zero-order valence-electron chi connectivity index (χ0n) is 16.1. The van der Waals surface area contributed by atoms with Crippen LogP contribution >= 0.6 is 0 Å². The second kappa shape index (κ2) is 7.79. The van der Waals surface area contributed by atoms with Gasteiger partial charge in [-0.05, 0) is 44.0 Å². The van der Waals surface area contributed by atoms with E-state index in [2.05, 4.69) is 21.0 Å². The standard InChI is InChI=1S/C21H21FN4O2/c1-11-17-8-14(22)4-7-19(17)26-21(28)18(11)9-20(27)25-13(3)16-6-5-15(10-23)24-12(16)2/h4,7-8,13,16H,5-6,9H2,1-3H3,(H-,25,26,27,28)/p+1/t13-,16?/m0/s1. The van der Waals surface area contributed by atoms with Crippen molar-refractivity contribution in [1.82, 2.24) is 15.0 Å². The average Bonchev–Trinajstić information content (AvgIpc) is 2.65. The summed E-state index contributed by atoms with van der Waals surface area (Å²) in [6.07, 6.45) is 1.25. The van der Waals surface area contributed by atoms with Crippen LogP contribution in [0.5, 0.6) is 0 Å². The summed E-state index contributed by atoms with van der Waals surface area (Å²) < 4.78 is 17.9. The molecule has 1 unspecified atom stereocenters. The van der Waals surface area contributed by atoms with E-state index in [1.807, 2.05) is 13.8 Å². The van der Waals surface area contributed by atoms with Crippen molar-refractivity contribution >= 4 is 28.2 Å². The Hall–Kier alpha value is -3.23. The summed E-state index contributed by atoms with van der Waals surface area (Å²) in [5, 5.41) is 12.5. The van der Waals surface area contributed by atoms with Crippen LogP contribution in [0.3, 0.4) is 0 Å². The molecule has 7 heteroatoms. The Morgan fingerprint density at radius 1 is 1.46 bits per heavy atom. The molecule has 3 rings (SSSR count). The van der Waals surface area contributed by atoms with Gasteiger partial charge in [-0.25, -0.2) is 4.39 Å². The molecule has 0 bridgehead atoms. The van der Waals surface area contributed by atoms with Crippen LogP contribution in [0.15, 0.2) is 23.0 Å². The molecule has 0 aliphatic carbocycles. The molecule has 0 spiro atoms. The van der Waals surface area contributed by atoms with E-state index in [0.717, 1.165) is 12.1 Å². The lowest BCUT2D eigenvalue weighted by atomic mass is 9.88. The Kier molecular flexibility index (Phi) is 5.43. The number of carbonyl (C=O) groups is 1. The monoisotopic (exact) mass is 381 g/mol. The van der Waals surface area contributed by atoms with Crippen molar-refractivity contribution in [3.63, 3.8) is 0 Å². The fourth-order valence-corrected chi connectivity index (χ4v) is 3.79. The second-order valence-electron chi connectivity index (χ2n) is 7.24. The predicted molar refractivity (Wildman–Crippen MR) is 107 cm³/mol. The zero-order chi connectivity index (χ0) is 20.4. The second-order valence-corrected chi connectivity index (χ2v) is 7.24. The molecule has 6 nitrogen and oxygen atoms in total. The van der Waals surface area contributed by atoms with Crippen molar-refractivity contribution in [3.05, 3.63) is 45.5 Å². The molecule has 1 aliphatic heterocycles. The third kappa shape index (κ3) is 3.88. The topological polar surface area (TPSA) is 99.8 Å². The van der Waals surface area contributed by atoms with E-state index in [0.29, 0.717) is 34.2 Å². The lowest BCUT2D eigenvalue weighted by Crippen LogP contribution is -2.43. The van der Waals surface area contributed by atoms with Gasteiger partial charge in [0.05, 0.1) is 18.8 Å². The number of rotatable bonds is 4. The highest BCUT2D eigenvalue weighted by molar-refractivity contribution is 6.03. The molecule has 2 atom stereocenters. The molecule has 0 radical (unpaired) electrons. The number of H-pyrrole nitrogens is 1. The van der Waals surface area contributed by atoms with Crippen molar-refractivity contribution in [1.29, 1.82) is 5.26 Å². The number of carbonyl (C=O) groups excluding carboxylic acids is 1. The number of nitrogens with zero attached hydrogens (tertiary/aromatic N) is 2. The Morgan fingerprint density at radius 2 is 2.21 bits per heavy atom. The molecule has 1 aliphatic rings. The van der Waals surface area contributed by atoms with Crippen LogP contribution in [-0.4, -0.2) is 28.4 Å². The maximum Gasteiger partial charge on any atom is 0.379 e. The van der Waals surface area contributed by atoms with Crippen molar-refractivity contribution in [2.45, 2.75) is 46.1 Å². The van der Waals surface area contributed by atoms with Gasteiger partial charge in [0.1, 0.15) is 5.82 Å². The van der Waals surface area contributed by atoms with E-state index in [4.69, 9.17) is 5.26 Å². The Bertz CT molecular complexity index is 1120. The molecule has 1 aromatic heterocycles. The van der Waals surface area contributed by atoms with Crippen molar-refractivity contribution < 1.29 is 9.18 Å². The van der Waals surface area contributed by atoms with Crippen LogP contribution in [-0.2, 0) is 11.2 Å². The summed E-state index contributed by atoms with van der Waals surface area (Å²) in [4.78, 5) is 27.7. The molecule has 1 amide bonds. The molecule has 2 aromatic rings. The summed E-state index contributed by atoms with van der Waals surface area (Å²) in [7, 11) is 0. The first kappa shape index (κ1) is 19.5. The van der Waals surface area contributed by atoms with Gasteiger partial charge >= 0.3 is 5.71 Å². The van der Waals surface area contributed by atoms with E-state index < -0.39 is 5.82 Å². The number of fused-ring (bicyclic) bond motifs is 1. The number of aromatic amines is 1. The molecule has 1 aromatic carbocycles. The lowest BCUT2D eigenvalue weighted by Gasteiger charge is -2.21. The number of benzene rings is 1. The van der Waals surface area contributed by atoms with Crippen molar-refractivity contribution in [2.24, 2.45) is 5.92 Å². The highest BCUT2D eigenvalue weighted by atomic mass is 19.1. The minimum atomic E-state index is -0.396. The van der Waals surface area contributed by atoms with Crippen LogP contribution in [0.25, 0.3) is 10.9 Å². The van der Waals surface area contributed by atoms with Gasteiger partial charge in [0.15, 0.2) is 6.07 Å². The number of hydrogen-bond donors (Lipinski definition) is 2. The first-order valence-electron chi connectivity index (χ1n) is 9.21. The van der Waals surface area contributed by atoms with E-state index >= 15 is 0 Å². The van der Waals surface area contributed by atoms with Gasteiger partial charge in [-0.1, -0.05) is 4.67 Å². The normalized spacial score (nSPS) is 17.5. The molecule has 0 saturated heterocycles. The lowest BCUT2D eigenvalue weighted by molar-refractivity contribution is -0.121. The van der Waals surface area contributed by atoms with Gasteiger partial charge in [-0.2, -0.15) is 5.26 Å². The molecule has 2 heterocycles. The molecule has 2 N–H and O–H groups in total. The van der Waals surface area contributed by atoms with E-state index in [9.17, 15) is 14.0 Å². The summed E-state index contributed by atoms with van der Waals surface area (Å²) in [6.45, 7) is 5.47. The Morgan fingerprint density at radius 3 is 2.89 bits per heavy atom. The predicted octanol–water partition coefficient (Wildman–Crippen LogP) is 1.93. The largest absolute Gasteiger partial charge is 0.379 e. The average molecular weight is 381 g/mol. The van der Waals surface area contributed by atoms with Gasteiger partial charge in [-0.3, -0.25) is 9.59 Å². The fourth-order valence-electron chi connectivity index (χ4n) is 3.79. The maximum absolute atomic E-state index is 13.6. The molecule has 0 fully saturated rings. The number of nitrogens with one attached hydrogen (secondary N) is 2. The number of nitriles is 1. The molecular formula is C21H22FN4O2+. The summed E-state index contributed by atoms with van der Waals surface area (Å²) in [5.41, 5.74) is 2.47. The quantitative estimate of drug-likeness (QED) is 0.792.